The largest absolute Gasteiger partial charge is 0.387 e. The van der Waals surface area contributed by atoms with Crippen LogP contribution in [0.25, 0.3) is 0 Å². The van der Waals surface area contributed by atoms with Gasteiger partial charge in [-0.3, -0.25) is 4.90 Å². The van der Waals surface area contributed by atoms with Crippen LogP contribution in [-0.2, 0) is 19.7 Å². The van der Waals surface area contributed by atoms with E-state index in [1.165, 1.54) is 8.61 Å². The lowest BCUT2D eigenvalue weighted by atomic mass is 10.0. The van der Waals surface area contributed by atoms with Crippen LogP contribution in [0.4, 0.5) is 0 Å². The molecule has 3 saturated heterocycles. The Balaban J connectivity index is 1.60. The van der Waals surface area contributed by atoms with Crippen molar-refractivity contribution in [3.63, 3.8) is 0 Å². The number of ether oxygens (including phenoxy) is 2. The van der Waals surface area contributed by atoms with Crippen molar-refractivity contribution >= 4 is 10.2 Å². The maximum atomic E-state index is 12.6. The average molecular weight is 335 g/mol. The zero-order valence-corrected chi connectivity index (χ0v) is 13.6. The second-order valence-electron chi connectivity index (χ2n) is 6.22. The predicted molar refractivity (Wildman–Crippen MR) is 79.7 cm³/mol. The molecule has 0 aliphatic carbocycles. The molecule has 9 heteroatoms. The summed E-state index contributed by atoms with van der Waals surface area (Å²) < 4.78 is 38.6. The zero-order valence-electron chi connectivity index (χ0n) is 12.8. The van der Waals surface area contributed by atoms with E-state index in [1.807, 2.05) is 0 Å². The van der Waals surface area contributed by atoms with Gasteiger partial charge in [-0.05, 0) is 6.42 Å². The summed E-state index contributed by atoms with van der Waals surface area (Å²) in [5, 5.41) is 10.7. The molecule has 0 aromatic rings. The molecule has 0 radical (unpaired) electrons. The first-order valence-electron chi connectivity index (χ1n) is 7.85. The number of morpholine rings is 2. The van der Waals surface area contributed by atoms with E-state index < -0.39 is 15.8 Å². The summed E-state index contributed by atoms with van der Waals surface area (Å²) in [6, 6.07) is 0. The van der Waals surface area contributed by atoms with Gasteiger partial charge in [-0.25, -0.2) is 0 Å². The number of hydrogen-bond donors (Lipinski definition) is 1. The molecule has 1 N–H and O–H groups in total. The second-order valence-corrected chi connectivity index (χ2v) is 8.14. The minimum absolute atomic E-state index is 0.171. The molecule has 3 rings (SSSR count). The fraction of sp³-hybridized carbons (Fsp3) is 1.00. The smallest absolute Gasteiger partial charge is 0.282 e. The molecule has 3 aliphatic heterocycles. The van der Waals surface area contributed by atoms with Gasteiger partial charge in [-0.15, -0.1) is 0 Å². The van der Waals surface area contributed by atoms with E-state index in [1.54, 1.807) is 0 Å². The van der Waals surface area contributed by atoms with Gasteiger partial charge in [0.15, 0.2) is 0 Å². The highest BCUT2D eigenvalue weighted by atomic mass is 32.2. The lowest BCUT2D eigenvalue weighted by Crippen LogP contribution is -2.51. The highest BCUT2D eigenvalue weighted by Crippen LogP contribution is 2.26. The molecule has 0 aromatic carbocycles. The molecule has 0 spiro atoms. The summed E-state index contributed by atoms with van der Waals surface area (Å²) >= 11 is 0. The summed E-state index contributed by atoms with van der Waals surface area (Å²) in [7, 11) is -3.49. The molecule has 128 valence electrons. The van der Waals surface area contributed by atoms with Crippen molar-refractivity contribution in [3.8, 4) is 0 Å². The third-order valence-corrected chi connectivity index (χ3v) is 6.52. The Kier molecular flexibility index (Phi) is 5.03. The van der Waals surface area contributed by atoms with Crippen molar-refractivity contribution in [2.24, 2.45) is 0 Å². The lowest BCUT2D eigenvalue weighted by Gasteiger charge is -2.34. The van der Waals surface area contributed by atoms with Crippen LogP contribution < -0.4 is 0 Å². The van der Waals surface area contributed by atoms with Crippen LogP contribution >= 0.6 is 0 Å². The van der Waals surface area contributed by atoms with Crippen molar-refractivity contribution in [2.75, 3.05) is 72.2 Å². The van der Waals surface area contributed by atoms with E-state index in [4.69, 9.17) is 9.47 Å². The quantitative estimate of drug-likeness (QED) is 0.662. The third kappa shape index (κ3) is 3.61. The molecule has 1 atom stereocenters. The fourth-order valence-corrected chi connectivity index (χ4v) is 4.92. The number of hydrogen-bond acceptors (Lipinski definition) is 6. The van der Waals surface area contributed by atoms with Gasteiger partial charge in [0, 0.05) is 45.8 Å². The predicted octanol–water partition coefficient (Wildman–Crippen LogP) is -1.67. The van der Waals surface area contributed by atoms with Crippen molar-refractivity contribution in [2.45, 2.75) is 12.0 Å². The molecule has 3 aliphatic rings. The van der Waals surface area contributed by atoms with E-state index in [2.05, 4.69) is 4.90 Å². The van der Waals surface area contributed by atoms with Gasteiger partial charge in [0.25, 0.3) is 10.2 Å². The minimum Gasteiger partial charge on any atom is -0.387 e. The lowest BCUT2D eigenvalue weighted by molar-refractivity contribution is -0.0241. The SMILES string of the molecule is O=S(=O)(N1CCOCC1)N1CC[C@](O)(CN2CCOCC2)C1. The first-order chi connectivity index (χ1) is 10.5. The van der Waals surface area contributed by atoms with E-state index in [0.29, 0.717) is 59.0 Å². The Morgan fingerprint density at radius 2 is 1.50 bits per heavy atom. The Hall–Kier alpha value is -0.290. The van der Waals surface area contributed by atoms with Gasteiger partial charge in [-0.2, -0.15) is 17.0 Å². The minimum atomic E-state index is -3.49. The molecule has 0 amide bonds. The molecule has 3 heterocycles. The molecule has 22 heavy (non-hydrogen) atoms. The van der Waals surface area contributed by atoms with Gasteiger partial charge in [0.1, 0.15) is 0 Å². The van der Waals surface area contributed by atoms with Crippen molar-refractivity contribution in [3.05, 3.63) is 0 Å². The van der Waals surface area contributed by atoms with Crippen molar-refractivity contribution in [1.29, 1.82) is 0 Å². The Bertz CT molecular complexity index is 476. The van der Waals surface area contributed by atoms with Gasteiger partial charge in [0.2, 0.25) is 0 Å². The number of rotatable bonds is 4. The second kappa shape index (κ2) is 6.68. The van der Waals surface area contributed by atoms with Gasteiger partial charge >= 0.3 is 0 Å². The van der Waals surface area contributed by atoms with Gasteiger partial charge in [-0.1, -0.05) is 0 Å². The molecular weight excluding hydrogens is 310 g/mol. The molecule has 0 saturated carbocycles. The summed E-state index contributed by atoms with van der Waals surface area (Å²) in [5.41, 5.74) is -0.962. The number of nitrogens with zero attached hydrogens (tertiary/aromatic N) is 3. The summed E-state index contributed by atoms with van der Waals surface area (Å²) in [4.78, 5) is 2.15. The van der Waals surface area contributed by atoms with E-state index in [-0.39, 0.29) is 6.54 Å². The topological polar surface area (TPSA) is 82.5 Å². The first kappa shape index (κ1) is 16.6. The summed E-state index contributed by atoms with van der Waals surface area (Å²) in [6.45, 7) is 5.63. The molecule has 3 fully saturated rings. The normalized spacial score (nSPS) is 33.3. The summed E-state index contributed by atoms with van der Waals surface area (Å²) in [6.07, 6.45) is 0.480. The maximum Gasteiger partial charge on any atom is 0.282 e. The average Bonchev–Trinajstić information content (AvgIpc) is 2.92. The number of β-amino-alcohol motifs (C(OH)–C–C–N with tert-alkyl or cyclic N) is 1. The standard InChI is InChI=1S/C13H25N3O5S/c17-13(11-14-3-7-20-8-4-14)1-2-16(12-13)22(18,19)15-5-9-21-10-6-15/h17H,1-12H2/t13-/m0/s1. The van der Waals surface area contributed by atoms with E-state index >= 15 is 0 Å². The fourth-order valence-electron chi connectivity index (χ4n) is 3.26. The molecule has 0 unspecified atom stereocenters. The van der Waals surface area contributed by atoms with Crippen LogP contribution in [-0.4, -0.2) is 105 Å². The zero-order chi connectivity index (χ0) is 15.6. The Morgan fingerprint density at radius 3 is 2.14 bits per heavy atom. The number of aliphatic hydroxyl groups is 1. The third-order valence-electron chi connectivity index (χ3n) is 4.54. The Labute approximate surface area is 131 Å². The van der Waals surface area contributed by atoms with Crippen LogP contribution in [0, 0.1) is 0 Å². The highest BCUT2D eigenvalue weighted by Gasteiger charge is 2.44. The van der Waals surface area contributed by atoms with Gasteiger partial charge < -0.3 is 14.6 Å². The first-order valence-corrected chi connectivity index (χ1v) is 9.25. The van der Waals surface area contributed by atoms with Crippen molar-refractivity contribution in [1.82, 2.24) is 13.5 Å². The van der Waals surface area contributed by atoms with Crippen LogP contribution in [0.1, 0.15) is 6.42 Å². The van der Waals surface area contributed by atoms with Crippen LogP contribution in [0.15, 0.2) is 0 Å². The Morgan fingerprint density at radius 1 is 0.909 bits per heavy atom. The van der Waals surface area contributed by atoms with Crippen LogP contribution in [0.3, 0.4) is 0 Å². The van der Waals surface area contributed by atoms with Gasteiger partial charge in [0.05, 0.1) is 32.0 Å². The van der Waals surface area contributed by atoms with Crippen molar-refractivity contribution < 1.29 is 23.0 Å². The highest BCUT2D eigenvalue weighted by molar-refractivity contribution is 7.86. The molecule has 0 bridgehead atoms. The summed E-state index contributed by atoms with van der Waals surface area (Å²) in [5.74, 6) is 0. The monoisotopic (exact) mass is 335 g/mol. The van der Waals surface area contributed by atoms with Crippen LogP contribution in [0.5, 0.6) is 0 Å². The van der Waals surface area contributed by atoms with E-state index in [9.17, 15) is 13.5 Å². The van der Waals surface area contributed by atoms with Crippen LogP contribution in [0.2, 0.25) is 0 Å². The van der Waals surface area contributed by atoms with E-state index in [0.717, 1.165) is 13.1 Å². The molecule has 8 nitrogen and oxygen atoms in total. The maximum absolute atomic E-state index is 12.6. The molecular formula is C13H25N3O5S. The molecule has 0 aromatic heterocycles.